The van der Waals surface area contributed by atoms with Crippen molar-refractivity contribution in [2.24, 2.45) is 0 Å². The number of thiazole rings is 1. The lowest BCUT2D eigenvalue weighted by Gasteiger charge is -2.29. The van der Waals surface area contributed by atoms with E-state index in [1.54, 1.807) is 17.4 Å². The standard InChI is InChI=1S/C24H26N4OS.C2H6.H2/c1-5-14-8-9-15(6-2)28(14)23-27-22-20(30-23)19(29)18-16-10-7-13(12-25)11-17(16)26-21(18)24(22,3)4;1-2;/h7,10-11,14-15,26H,5-6,8-9H2,1-4H3;1-2H3;1H. The second kappa shape index (κ2) is 8.37. The third-order valence-electron chi connectivity index (χ3n) is 6.98. The molecule has 1 aliphatic heterocycles. The first-order valence-corrected chi connectivity index (χ1v) is 12.6. The van der Waals surface area contributed by atoms with Crippen molar-refractivity contribution < 1.29 is 6.22 Å². The van der Waals surface area contributed by atoms with E-state index in [2.05, 4.69) is 43.6 Å². The predicted octanol–water partition coefficient (Wildman–Crippen LogP) is 6.80. The van der Waals surface area contributed by atoms with Gasteiger partial charge in [-0.25, -0.2) is 4.98 Å². The minimum atomic E-state index is -0.400. The number of H-pyrrole nitrogens is 1. The van der Waals surface area contributed by atoms with Crippen molar-refractivity contribution in [2.45, 2.75) is 84.7 Å². The minimum Gasteiger partial charge on any atom is -0.357 e. The third kappa shape index (κ3) is 3.17. The molecule has 5 nitrogen and oxygen atoms in total. The number of fused-ring (bicyclic) bond motifs is 4. The zero-order valence-corrected chi connectivity index (χ0v) is 20.7. The molecule has 3 aromatic rings. The Hall–Kier alpha value is -2.65. The molecule has 0 radical (unpaired) electrons. The largest absolute Gasteiger partial charge is 0.357 e. The zero-order chi connectivity index (χ0) is 23.2. The summed E-state index contributed by atoms with van der Waals surface area (Å²) in [6, 6.07) is 8.69. The zero-order valence-electron chi connectivity index (χ0n) is 19.9. The van der Waals surface area contributed by atoms with Crippen LogP contribution in [-0.4, -0.2) is 27.8 Å². The number of ketones is 1. The van der Waals surface area contributed by atoms with Crippen molar-refractivity contribution in [3.05, 3.63) is 45.6 Å². The molecule has 2 aliphatic rings. The van der Waals surface area contributed by atoms with E-state index < -0.39 is 5.41 Å². The Morgan fingerprint density at radius 2 is 1.91 bits per heavy atom. The Labute approximate surface area is 196 Å². The van der Waals surface area contributed by atoms with Gasteiger partial charge in [0.1, 0.15) is 4.88 Å². The van der Waals surface area contributed by atoms with Gasteiger partial charge in [-0.2, -0.15) is 5.26 Å². The maximum Gasteiger partial charge on any atom is 0.207 e. The van der Waals surface area contributed by atoms with Gasteiger partial charge in [0, 0.05) is 35.5 Å². The smallest absolute Gasteiger partial charge is 0.207 e. The van der Waals surface area contributed by atoms with Crippen LogP contribution in [0.1, 0.15) is 101 Å². The number of carbonyl (C=O) groups is 1. The van der Waals surface area contributed by atoms with Crippen LogP contribution in [-0.2, 0) is 5.41 Å². The molecule has 0 amide bonds. The molecule has 170 valence electrons. The van der Waals surface area contributed by atoms with E-state index in [4.69, 9.17) is 4.98 Å². The molecular formula is C26H34N4OS. The highest BCUT2D eigenvalue weighted by Crippen LogP contribution is 2.48. The van der Waals surface area contributed by atoms with Crippen molar-refractivity contribution in [1.29, 1.82) is 5.26 Å². The minimum absolute atomic E-state index is 0. The Balaban J connectivity index is 0.000000994. The highest BCUT2D eigenvalue weighted by molar-refractivity contribution is 7.18. The van der Waals surface area contributed by atoms with Crippen LogP contribution in [0.3, 0.4) is 0 Å². The van der Waals surface area contributed by atoms with Crippen molar-refractivity contribution in [2.75, 3.05) is 4.90 Å². The van der Waals surface area contributed by atoms with Gasteiger partial charge in [0.2, 0.25) is 5.78 Å². The van der Waals surface area contributed by atoms with Crippen molar-refractivity contribution in [3.63, 3.8) is 0 Å². The SMILES string of the molecule is CC.CCC1CCC(CC)N1c1nc2c(s1)C(=O)c1c([nH]c3cc(C#N)ccc13)C2(C)C.[HH]. The molecule has 5 rings (SSSR count). The first-order valence-electron chi connectivity index (χ1n) is 11.8. The van der Waals surface area contributed by atoms with Crippen molar-refractivity contribution in [1.82, 2.24) is 9.97 Å². The molecule has 0 bridgehead atoms. The average molecular weight is 451 g/mol. The van der Waals surface area contributed by atoms with E-state index in [0.717, 1.165) is 50.7 Å². The molecule has 0 saturated carbocycles. The molecule has 1 saturated heterocycles. The molecule has 1 aliphatic carbocycles. The fourth-order valence-corrected chi connectivity index (χ4v) is 6.59. The van der Waals surface area contributed by atoms with E-state index in [1.807, 2.05) is 26.0 Å². The molecule has 3 heterocycles. The topological polar surface area (TPSA) is 72.8 Å². The number of nitrogens with zero attached hydrogens (tertiary/aromatic N) is 3. The molecule has 2 aromatic heterocycles. The summed E-state index contributed by atoms with van der Waals surface area (Å²) in [7, 11) is 0. The Morgan fingerprint density at radius 1 is 1.25 bits per heavy atom. The maximum absolute atomic E-state index is 13.6. The lowest BCUT2D eigenvalue weighted by Crippen LogP contribution is -2.35. The molecule has 1 N–H and O–H groups in total. The van der Waals surface area contributed by atoms with Crippen molar-refractivity contribution >= 4 is 33.2 Å². The Kier molecular flexibility index (Phi) is 5.89. The van der Waals surface area contributed by atoms with E-state index in [0.29, 0.717) is 17.6 Å². The summed E-state index contributed by atoms with van der Waals surface area (Å²) in [5.41, 5.74) is 3.55. The molecule has 6 heteroatoms. The second-order valence-corrected chi connectivity index (χ2v) is 9.96. The number of aromatic nitrogens is 2. The summed E-state index contributed by atoms with van der Waals surface area (Å²) in [6.45, 7) is 12.8. The fraction of sp³-hybridized carbons (Fsp3) is 0.500. The van der Waals surface area contributed by atoms with Gasteiger partial charge in [0.05, 0.1) is 22.9 Å². The van der Waals surface area contributed by atoms with E-state index >= 15 is 0 Å². The van der Waals surface area contributed by atoms with Gasteiger partial charge in [-0.3, -0.25) is 4.79 Å². The van der Waals surface area contributed by atoms with Gasteiger partial charge in [0.25, 0.3) is 0 Å². The molecule has 32 heavy (non-hydrogen) atoms. The van der Waals surface area contributed by atoms with Crippen molar-refractivity contribution in [3.8, 4) is 6.07 Å². The molecule has 1 fully saturated rings. The van der Waals surface area contributed by atoms with Gasteiger partial charge >= 0.3 is 0 Å². The van der Waals surface area contributed by atoms with E-state index in [-0.39, 0.29) is 7.21 Å². The summed E-state index contributed by atoms with van der Waals surface area (Å²) < 4.78 is 0. The van der Waals surface area contributed by atoms with Gasteiger partial charge in [-0.1, -0.05) is 45.1 Å². The highest BCUT2D eigenvalue weighted by atomic mass is 32.1. The van der Waals surface area contributed by atoms with Gasteiger partial charge in [0.15, 0.2) is 5.13 Å². The Bertz CT molecular complexity index is 1210. The van der Waals surface area contributed by atoms with Gasteiger partial charge in [-0.05, 0) is 51.7 Å². The fourth-order valence-electron chi connectivity index (χ4n) is 5.28. The highest BCUT2D eigenvalue weighted by Gasteiger charge is 2.44. The molecule has 2 unspecified atom stereocenters. The summed E-state index contributed by atoms with van der Waals surface area (Å²) in [4.78, 5) is 25.4. The van der Waals surface area contributed by atoms with Crippen LogP contribution < -0.4 is 4.90 Å². The number of hydrogen-bond acceptors (Lipinski definition) is 5. The first-order chi connectivity index (χ1) is 15.4. The molecule has 2 atom stereocenters. The van der Waals surface area contributed by atoms with E-state index in [9.17, 15) is 10.1 Å². The molecular weight excluding hydrogens is 416 g/mol. The number of hydrogen-bond donors (Lipinski definition) is 1. The van der Waals surface area contributed by atoms with Gasteiger partial charge in [-0.15, -0.1) is 0 Å². The van der Waals surface area contributed by atoms with Crippen LogP contribution >= 0.6 is 11.3 Å². The second-order valence-electron chi connectivity index (χ2n) is 8.98. The van der Waals surface area contributed by atoms with Crippen LogP contribution in [0.4, 0.5) is 5.13 Å². The normalized spacial score (nSPS) is 21.0. The average Bonchev–Trinajstić information content (AvgIpc) is 3.53. The lowest BCUT2D eigenvalue weighted by molar-refractivity contribution is 0.103. The van der Waals surface area contributed by atoms with Crippen LogP contribution in [0.25, 0.3) is 10.9 Å². The third-order valence-corrected chi connectivity index (χ3v) is 8.04. The van der Waals surface area contributed by atoms with Crippen LogP contribution in [0, 0.1) is 11.3 Å². The molecule has 0 spiro atoms. The number of aromatic amines is 1. The molecule has 1 aromatic carbocycles. The summed E-state index contributed by atoms with van der Waals surface area (Å²) in [6.07, 6.45) is 4.59. The number of nitrogens with one attached hydrogen (secondary N) is 1. The quantitative estimate of drug-likeness (QED) is 0.476. The number of nitriles is 1. The van der Waals surface area contributed by atoms with Crippen LogP contribution in [0.2, 0.25) is 0 Å². The number of carbonyl (C=O) groups excluding carboxylic acids is 1. The lowest BCUT2D eigenvalue weighted by atomic mass is 9.77. The number of anilines is 1. The predicted molar refractivity (Wildman–Crippen MR) is 134 cm³/mol. The monoisotopic (exact) mass is 450 g/mol. The summed E-state index contributed by atoms with van der Waals surface area (Å²) in [5, 5.41) is 11.1. The Morgan fingerprint density at radius 3 is 2.50 bits per heavy atom. The maximum atomic E-state index is 13.6. The van der Waals surface area contributed by atoms with Crippen LogP contribution in [0.15, 0.2) is 18.2 Å². The number of rotatable bonds is 3. The van der Waals surface area contributed by atoms with E-state index in [1.165, 1.54) is 12.8 Å². The van der Waals surface area contributed by atoms with Gasteiger partial charge < -0.3 is 9.88 Å². The summed E-state index contributed by atoms with van der Waals surface area (Å²) >= 11 is 1.56. The number of benzene rings is 1. The summed E-state index contributed by atoms with van der Waals surface area (Å²) in [5.74, 6) is 0.0549. The first kappa shape index (κ1) is 22.5. The van der Waals surface area contributed by atoms with Crippen LogP contribution in [0.5, 0.6) is 0 Å².